The highest BCUT2D eigenvalue weighted by Gasteiger charge is 2.17. The molecule has 0 aliphatic carbocycles. The summed E-state index contributed by atoms with van der Waals surface area (Å²) in [5.74, 6) is 0.245. The van der Waals surface area contributed by atoms with E-state index in [0.29, 0.717) is 22.5 Å². The summed E-state index contributed by atoms with van der Waals surface area (Å²) in [7, 11) is 1.55. The number of nitrogens with zero attached hydrogens (tertiary/aromatic N) is 3. The van der Waals surface area contributed by atoms with Crippen molar-refractivity contribution in [3.05, 3.63) is 52.9 Å². The standard InChI is InChI=1S/C17H11ClN4O2S/c1-24-13-6-11-9(3-2-4-19-11)5-12(13)21-16(23)10-8-25-14-7-20-17(18)22-15(10)14/h2-8H,1H3,(H,21,23). The Morgan fingerprint density at radius 3 is 3.04 bits per heavy atom. The summed E-state index contributed by atoms with van der Waals surface area (Å²) >= 11 is 7.24. The van der Waals surface area contributed by atoms with E-state index in [4.69, 9.17) is 16.3 Å². The van der Waals surface area contributed by atoms with Crippen LogP contribution >= 0.6 is 22.9 Å². The maximum Gasteiger partial charge on any atom is 0.258 e. The second kappa shape index (κ2) is 6.27. The first-order chi connectivity index (χ1) is 12.2. The first-order valence-electron chi connectivity index (χ1n) is 7.29. The molecule has 0 atom stereocenters. The molecule has 1 amide bonds. The number of aromatic nitrogens is 3. The lowest BCUT2D eigenvalue weighted by atomic mass is 10.1. The van der Waals surface area contributed by atoms with Crippen molar-refractivity contribution in [1.82, 2.24) is 15.0 Å². The Morgan fingerprint density at radius 2 is 2.20 bits per heavy atom. The number of ether oxygens (including phenoxy) is 1. The van der Waals surface area contributed by atoms with Crippen LogP contribution in [0.1, 0.15) is 10.4 Å². The number of rotatable bonds is 3. The zero-order valence-corrected chi connectivity index (χ0v) is 14.6. The molecule has 0 aliphatic heterocycles. The molecular weight excluding hydrogens is 360 g/mol. The third kappa shape index (κ3) is 2.88. The third-order valence-corrected chi connectivity index (χ3v) is 4.79. The van der Waals surface area contributed by atoms with E-state index < -0.39 is 0 Å². The van der Waals surface area contributed by atoms with Crippen LogP contribution in [0.3, 0.4) is 0 Å². The number of fused-ring (bicyclic) bond motifs is 2. The van der Waals surface area contributed by atoms with E-state index in [1.807, 2.05) is 18.2 Å². The molecule has 0 aliphatic rings. The molecule has 0 fully saturated rings. The first-order valence-corrected chi connectivity index (χ1v) is 8.55. The van der Waals surface area contributed by atoms with Crippen LogP contribution in [0, 0.1) is 0 Å². The number of benzene rings is 1. The van der Waals surface area contributed by atoms with Gasteiger partial charge in [0.1, 0.15) is 5.75 Å². The van der Waals surface area contributed by atoms with E-state index in [1.54, 1.807) is 30.9 Å². The smallest absolute Gasteiger partial charge is 0.258 e. The Kier molecular flexibility index (Phi) is 3.95. The minimum Gasteiger partial charge on any atom is -0.494 e. The van der Waals surface area contributed by atoms with Crippen molar-refractivity contribution in [3.8, 4) is 5.75 Å². The number of hydrogen-bond acceptors (Lipinski definition) is 6. The van der Waals surface area contributed by atoms with Crippen molar-refractivity contribution in [2.75, 3.05) is 12.4 Å². The monoisotopic (exact) mass is 370 g/mol. The van der Waals surface area contributed by atoms with Crippen molar-refractivity contribution in [1.29, 1.82) is 0 Å². The second-order valence-electron chi connectivity index (χ2n) is 5.20. The van der Waals surface area contributed by atoms with Gasteiger partial charge in [0.25, 0.3) is 5.91 Å². The van der Waals surface area contributed by atoms with Crippen LogP contribution in [-0.4, -0.2) is 28.0 Å². The van der Waals surface area contributed by atoms with Gasteiger partial charge in [-0.15, -0.1) is 11.3 Å². The molecule has 25 heavy (non-hydrogen) atoms. The van der Waals surface area contributed by atoms with Gasteiger partial charge in [-0.3, -0.25) is 9.78 Å². The maximum absolute atomic E-state index is 12.7. The average Bonchev–Trinajstić information content (AvgIpc) is 3.04. The van der Waals surface area contributed by atoms with Crippen LogP contribution in [0.25, 0.3) is 21.1 Å². The fraction of sp³-hybridized carbons (Fsp3) is 0.0588. The number of anilines is 1. The van der Waals surface area contributed by atoms with Crippen LogP contribution in [0.2, 0.25) is 5.28 Å². The Hall–Kier alpha value is -2.77. The zero-order chi connectivity index (χ0) is 17.4. The van der Waals surface area contributed by atoms with Gasteiger partial charge in [-0.2, -0.15) is 0 Å². The molecule has 6 nitrogen and oxygen atoms in total. The summed E-state index contributed by atoms with van der Waals surface area (Å²) in [6.45, 7) is 0. The molecule has 0 radical (unpaired) electrons. The normalized spacial score (nSPS) is 11.0. The van der Waals surface area contributed by atoms with Gasteiger partial charge in [0, 0.05) is 29.2 Å². The molecule has 1 aromatic carbocycles. The van der Waals surface area contributed by atoms with E-state index in [0.717, 1.165) is 15.6 Å². The minimum absolute atomic E-state index is 0.106. The molecule has 4 aromatic rings. The minimum atomic E-state index is -0.289. The predicted octanol–water partition coefficient (Wildman–Crippen LogP) is 4.15. The molecule has 0 saturated carbocycles. The highest BCUT2D eigenvalue weighted by Crippen LogP contribution is 2.31. The van der Waals surface area contributed by atoms with E-state index >= 15 is 0 Å². The number of carbonyl (C=O) groups is 1. The van der Waals surface area contributed by atoms with E-state index in [1.165, 1.54) is 11.3 Å². The summed E-state index contributed by atoms with van der Waals surface area (Å²) in [4.78, 5) is 25.1. The SMILES string of the molecule is COc1cc2ncccc2cc1NC(=O)c1csc2cnc(Cl)nc12. The molecule has 3 aromatic heterocycles. The first kappa shape index (κ1) is 15.7. The Bertz CT molecular complexity index is 1110. The number of hydrogen-bond donors (Lipinski definition) is 1. The van der Waals surface area contributed by atoms with Gasteiger partial charge >= 0.3 is 0 Å². The van der Waals surface area contributed by atoms with Crippen LogP contribution < -0.4 is 10.1 Å². The summed E-state index contributed by atoms with van der Waals surface area (Å²) in [5, 5.41) is 5.62. The summed E-state index contributed by atoms with van der Waals surface area (Å²) < 4.78 is 6.18. The number of amides is 1. The number of nitrogens with one attached hydrogen (secondary N) is 1. The summed E-state index contributed by atoms with van der Waals surface area (Å²) in [6, 6.07) is 7.38. The van der Waals surface area contributed by atoms with Gasteiger partial charge in [0.15, 0.2) is 0 Å². The Balaban J connectivity index is 1.74. The fourth-order valence-corrected chi connectivity index (χ4v) is 3.50. The number of pyridine rings is 1. The molecule has 1 N–H and O–H groups in total. The fourth-order valence-electron chi connectivity index (χ4n) is 2.53. The Morgan fingerprint density at radius 1 is 1.32 bits per heavy atom. The topological polar surface area (TPSA) is 77.0 Å². The quantitative estimate of drug-likeness (QED) is 0.548. The van der Waals surface area contributed by atoms with Gasteiger partial charge in [0.05, 0.1) is 34.1 Å². The number of carbonyl (C=O) groups excluding carboxylic acids is 1. The van der Waals surface area contributed by atoms with Crippen molar-refractivity contribution >= 4 is 55.7 Å². The van der Waals surface area contributed by atoms with Gasteiger partial charge in [0.2, 0.25) is 5.28 Å². The van der Waals surface area contributed by atoms with Crippen molar-refractivity contribution < 1.29 is 9.53 Å². The van der Waals surface area contributed by atoms with Crippen molar-refractivity contribution in [2.24, 2.45) is 0 Å². The van der Waals surface area contributed by atoms with Gasteiger partial charge in [-0.1, -0.05) is 6.07 Å². The lowest BCUT2D eigenvalue weighted by molar-refractivity contribution is 0.102. The van der Waals surface area contributed by atoms with Crippen LogP contribution in [0.15, 0.2) is 42.0 Å². The number of thiophene rings is 1. The summed E-state index contributed by atoms with van der Waals surface area (Å²) in [5.41, 5.74) is 2.33. The Labute approximate surface area is 151 Å². The second-order valence-corrected chi connectivity index (χ2v) is 6.45. The lowest BCUT2D eigenvalue weighted by Gasteiger charge is -2.11. The zero-order valence-electron chi connectivity index (χ0n) is 13.0. The van der Waals surface area contributed by atoms with E-state index in [-0.39, 0.29) is 11.2 Å². The molecule has 4 rings (SSSR count). The molecule has 124 valence electrons. The van der Waals surface area contributed by atoms with E-state index in [9.17, 15) is 4.79 Å². The average molecular weight is 371 g/mol. The highest BCUT2D eigenvalue weighted by molar-refractivity contribution is 7.17. The van der Waals surface area contributed by atoms with Gasteiger partial charge in [-0.05, 0) is 23.7 Å². The van der Waals surface area contributed by atoms with Crippen LogP contribution in [0.5, 0.6) is 5.75 Å². The molecule has 8 heteroatoms. The predicted molar refractivity (Wildman–Crippen MR) is 98.7 cm³/mol. The molecule has 0 saturated heterocycles. The van der Waals surface area contributed by atoms with Crippen LogP contribution in [0.4, 0.5) is 5.69 Å². The molecular formula is C17H11ClN4O2S. The highest BCUT2D eigenvalue weighted by atomic mass is 35.5. The van der Waals surface area contributed by atoms with Crippen molar-refractivity contribution in [3.63, 3.8) is 0 Å². The van der Waals surface area contributed by atoms with Crippen molar-refractivity contribution in [2.45, 2.75) is 0 Å². The van der Waals surface area contributed by atoms with Gasteiger partial charge < -0.3 is 10.1 Å². The van der Waals surface area contributed by atoms with Gasteiger partial charge in [-0.25, -0.2) is 9.97 Å². The largest absolute Gasteiger partial charge is 0.494 e. The maximum atomic E-state index is 12.7. The summed E-state index contributed by atoms with van der Waals surface area (Å²) in [6.07, 6.45) is 3.31. The lowest BCUT2D eigenvalue weighted by Crippen LogP contribution is -2.12. The molecule has 0 spiro atoms. The third-order valence-electron chi connectivity index (χ3n) is 3.70. The number of methoxy groups -OCH3 is 1. The van der Waals surface area contributed by atoms with Crippen LogP contribution in [-0.2, 0) is 0 Å². The molecule has 0 unspecified atom stereocenters. The molecule has 0 bridgehead atoms. The van der Waals surface area contributed by atoms with E-state index in [2.05, 4.69) is 20.3 Å². The number of halogens is 1. The molecule has 3 heterocycles.